The van der Waals surface area contributed by atoms with E-state index in [1.54, 1.807) is 53.5 Å². The number of benzene rings is 2. The molecule has 0 aliphatic carbocycles. The standard InChI is InChI=1S/C37H46ClN3O6/c1-7-20-39(25-14-16-27(17-15-25)46-9-3)33(43)30-31-34(44)41(26(23-42)22-24(4)5)32(37(31)19-18-36(30,6)47-37)35(45)40(21-8-2)29-13-11-10-12-28(29)38/h7-8,10-17,24,26,30-32,42H,1-2,9,18-23H2,3-6H3/t26-,30-,31+,32?,36+,37?/m1/s1. The lowest BCUT2D eigenvalue weighted by molar-refractivity contribution is -0.148. The molecule has 47 heavy (non-hydrogen) atoms. The summed E-state index contributed by atoms with van der Waals surface area (Å²) in [5.41, 5.74) is -1.16. The van der Waals surface area contributed by atoms with Gasteiger partial charge in [-0.25, -0.2) is 0 Å². The maximum Gasteiger partial charge on any atom is 0.253 e. The topological polar surface area (TPSA) is 99.6 Å². The monoisotopic (exact) mass is 663 g/mol. The average Bonchev–Trinajstić information content (AvgIpc) is 3.62. The Labute approximate surface area is 282 Å². The third-order valence-electron chi connectivity index (χ3n) is 9.82. The van der Waals surface area contributed by atoms with Crippen LogP contribution in [0.15, 0.2) is 73.8 Å². The highest BCUT2D eigenvalue weighted by Gasteiger charge is 2.79. The van der Waals surface area contributed by atoms with Gasteiger partial charge in [-0.2, -0.15) is 0 Å². The predicted octanol–water partition coefficient (Wildman–Crippen LogP) is 5.65. The molecule has 2 aromatic rings. The molecule has 0 radical (unpaired) electrons. The van der Waals surface area contributed by atoms with E-state index in [4.69, 9.17) is 21.1 Å². The van der Waals surface area contributed by atoms with Crippen LogP contribution in [-0.4, -0.2) is 77.3 Å². The van der Waals surface area contributed by atoms with E-state index in [0.29, 0.717) is 48.0 Å². The first kappa shape index (κ1) is 34.7. The van der Waals surface area contributed by atoms with Crippen molar-refractivity contribution in [3.63, 3.8) is 0 Å². The minimum atomic E-state index is -1.28. The van der Waals surface area contributed by atoms with Crippen LogP contribution in [0.5, 0.6) is 5.75 Å². The van der Waals surface area contributed by atoms with E-state index in [2.05, 4.69) is 13.2 Å². The van der Waals surface area contributed by atoms with Crippen molar-refractivity contribution in [2.75, 3.05) is 36.1 Å². The van der Waals surface area contributed by atoms with Crippen LogP contribution < -0.4 is 14.5 Å². The second-order valence-corrected chi connectivity index (χ2v) is 13.7. The second-order valence-electron chi connectivity index (χ2n) is 13.3. The van der Waals surface area contributed by atoms with Crippen molar-refractivity contribution in [1.29, 1.82) is 0 Å². The van der Waals surface area contributed by atoms with Crippen molar-refractivity contribution in [2.24, 2.45) is 17.8 Å². The van der Waals surface area contributed by atoms with Crippen LogP contribution in [0.4, 0.5) is 11.4 Å². The number of aliphatic hydroxyl groups excluding tert-OH is 1. The minimum absolute atomic E-state index is 0.122. The summed E-state index contributed by atoms with van der Waals surface area (Å²) in [7, 11) is 0. The molecule has 3 saturated heterocycles. The van der Waals surface area contributed by atoms with Crippen molar-refractivity contribution in [3.05, 3.63) is 78.9 Å². The number of ether oxygens (including phenoxy) is 2. The van der Waals surface area contributed by atoms with Gasteiger partial charge in [0.2, 0.25) is 11.8 Å². The fraction of sp³-hybridized carbons (Fsp3) is 0.486. The lowest BCUT2D eigenvalue weighted by atomic mass is 9.66. The first-order valence-corrected chi connectivity index (χ1v) is 16.8. The Balaban J connectivity index is 1.62. The number of carbonyl (C=O) groups is 3. The number of fused-ring (bicyclic) bond motifs is 1. The number of rotatable bonds is 14. The molecular formula is C37H46ClN3O6. The van der Waals surface area contributed by atoms with Gasteiger partial charge in [0.15, 0.2) is 0 Å². The van der Waals surface area contributed by atoms with E-state index in [1.807, 2.05) is 39.8 Å². The molecule has 3 aliphatic heterocycles. The summed E-state index contributed by atoms with van der Waals surface area (Å²) in [5.74, 6) is -2.02. The molecule has 3 amide bonds. The molecule has 0 saturated carbocycles. The molecule has 252 valence electrons. The number of hydrogen-bond donors (Lipinski definition) is 1. The quantitative estimate of drug-likeness (QED) is 0.263. The fourth-order valence-corrected chi connectivity index (χ4v) is 8.23. The molecule has 2 aromatic carbocycles. The lowest BCUT2D eigenvalue weighted by Crippen LogP contribution is -2.59. The number of amides is 3. The number of hydrogen-bond acceptors (Lipinski definition) is 6. The smallest absolute Gasteiger partial charge is 0.253 e. The molecule has 5 rings (SSSR count). The number of nitrogens with zero attached hydrogens (tertiary/aromatic N) is 3. The third kappa shape index (κ3) is 5.98. The number of anilines is 2. The summed E-state index contributed by atoms with van der Waals surface area (Å²) in [6.07, 6.45) is 4.62. The molecule has 1 N–H and O–H groups in total. The largest absolute Gasteiger partial charge is 0.494 e. The Kier molecular flexibility index (Phi) is 10.2. The Morgan fingerprint density at radius 1 is 1.09 bits per heavy atom. The summed E-state index contributed by atoms with van der Waals surface area (Å²) in [6.45, 7) is 16.1. The van der Waals surface area contributed by atoms with Crippen LogP contribution in [-0.2, 0) is 19.1 Å². The van der Waals surface area contributed by atoms with Crippen molar-refractivity contribution < 1.29 is 29.0 Å². The average molecular weight is 664 g/mol. The summed E-state index contributed by atoms with van der Waals surface area (Å²) in [5, 5.41) is 11.1. The lowest BCUT2D eigenvalue weighted by Gasteiger charge is -2.40. The van der Waals surface area contributed by atoms with E-state index in [1.165, 1.54) is 9.80 Å². The molecule has 3 fully saturated rings. The minimum Gasteiger partial charge on any atom is -0.494 e. The van der Waals surface area contributed by atoms with E-state index in [9.17, 15) is 19.5 Å². The van der Waals surface area contributed by atoms with Gasteiger partial charge in [0.25, 0.3) is 5.91 Å². The number of aliphatic hydroxyl groups is 1. The first-order chi connectivity index (χ1) is 22.5. The highest BCUT2D eigenvalue weighted by molar-refractivity contribution is 6.34. The number of carbonyl (C=O) groups excluding carboxylic acids is 3. The van der Waals surface area contributed by atoms with Gasteiger partial charge in [-0.15, -0.1) is 13.2 Å². The van der Waals surface area contributed by atoms with E-state index in [0.717, 1.165) is 0 Å². The van der Waals surface area contributed by atoms with Crippen LogP contribution in [0.25, 0.3) is 0 Å². The normalized spacial score (nSPS) is 26.7. The number of para-hydroxylation sites is 1. The predicted molar refractivity (Wildman–Crippen MR) is 184 cm³/mol. The number of halogens is 1. The SMILES string of the molecule is C=CCN(C(=O)[C@H]1[C@H]2C(=O)N([C@@H](CO)CC(C)C)C(C(=O)N(CC=C)c3ccccc3Cl)C23CC[C@]1(C)O3)c1ccc(OCC)cc1. The van der Waals surface area contributed by atoms with Gasteiger partial charge < -0.3 is 29.3 Å². The third-order valence-corrected chi connectivity index (χ3v) is 10.1. The van der Waals surface area contributed by atoms with Crippen molar-refractivity contribution in [3.8, 4) is 5.75 Å². The molecule has 6 atom stereocenters. The van der Waals surface area contributed by atoms with Crippen LogP contribution in [0.2, 0.25) is 5.02 Å². The van der Waals surface area contributed by atoms with Gasteiger partial charge in [-0.1, -0.05) is 49.7 Å². The van der Waals surface area contributed by atoms with Gasteiger partial charge in [-0.05, 0) is 75.4 Å². The zero-order valence-corrected chi connectivity index (χ0v) is 28.5. The van der Waals surface area contributed by atoms with E-state index >= 15 is 0 Å². The van der Waals surface area contributed by atoms with Crippen LogP contribution in [0.1, 0.15) is 47.0 Å². The molecule has 0 aromatic heterocycles. The highest BCUT2D eigenvalue weighted by Crippen LogP contribution is 2.64. The zero-order valence-electron chi connectivity index (χ0n) is 27.7. The Morgan fingerprint density at radius 3 is 2.34 bits per heavy atom. The summed E-state index contributed by atoms with van der Waals surface area (Å²) >= 11 is 6.61. The maximum absolute atomic E-state index is 14.9. The van der Waals surface area contributed by atoms with Gasteiger partial charge in [0, 0.05) is 18.8 Å². The molecule has 1 spiro atoms. The molecule has 2 unspecified atom stereocenters. The molecule has 2 bridgehead atoms. The Bertz CT molecular complexity index is 1510. The summed E-state index contributed by atoms with van der Waals surface area (Å²) in [6, 6.07) is 12.5. The molecule has 3 aliphatic rings. The van der Waals surface area contributed by atoms with E-state index in [-0.39, 0.29) is 43.3 Å². The van der Waals surface area contributed by atoms with Crippen molar-refractivity contribution in [2.45, 2.75) is 70.2 Å². The van der Waals surface area contributed by atoms with Crippen molar-refractivity contribution >= 4 is 40.7 Å². The van der Waals surface area contributed by atoms with Gasteiger partial charge in [0.1, 0.15) is 17.4 Å². The second kappa shape index (κ2) is 13.8. The van der Waals surface area contributed by atoms with Crippen LogP contribution in [0.3, 0.4) is 0 Å². The Morgan fingerprint density at radius 2 is 1.74 bits per heavy atom. The van der Waals surface area contributed by atoms with Gasteiger partial charge in [-0.3, -0.25) is 14.4 Å². The van der Waals surface area contributed by atoms with Crippen LogP contribution >= 0.6 is 11.6 Å². The first-order valence-electron chi connectivity index (χ1n) is 16.4. The van der Waals surface area contributed by atoms with Gasteiger partial charge in [0.05, 0.1) is 47.4 Å². The highest BCUT2D eigenvalue weighted by atomic mass is 35.5. The number of likely N-dealkylation sites (tertiary alicyclic amines) is 1. The van der Waals surface area contributed by atoms with E-state index < -0.39 is 35.1 Å². The van der Waals surface area contributed by atoms with Gasteiger partial charge >= 0.3 is 0 Å². The summed E-state index contributed by atoms with van der Waals surface area (Å²) in [4.78, 5) is 49.2. The molecular weight excluding hydrogens is 618 g/mol. The molecule has 10 heteroatoms. The fourth-order valence-electron chi connectivity index (χ4n) is 8.00. The molecule has 9 nitrogen and oxygen atoms in total. The Hall–Kier alpha value is -3.66. The maximum atomic E-state index is 14.9. The summed E-state index contributed by atoms with van der Waals surface area (Å²) < 4.78 is 12.5. The van der Waals surface area contributed by atoms with Crippen molar-refractivity contribution in [1.82, 2.24) is 4.90 Å². The zero-order chi connectivity index (χ0) is 34.1. The van der Waals surface area contributed by atoms with Crippen LogP contribution in [0, 0.1) is 17.8 Å². The molecule has 3 heterocycles.